The molecule has 1 heterocycles. The second kappa shape index (κ2) is 6.59. The van der Waals surface area contributed by atoms with Gasteiger partial charge < -0.3 is 10.1 Å². The maximum Gasteiger partial charge on any atom is 0.210 e. The molecule has 21 heavy (non-hydrogen) atoms. The normalized spacial score (nSPS) is 14.5. The molecule has 0 aliphatic carbocycles. The van der Waals surface area contributed by atoms with Crippen molar-refractivity contribution in [1.29, 1.82) is 0 Å². The molecule has 3 rings (SSSR count). The smallest absolute Gasteiger partial charge is 0.210 e. The quantitative estimate of drug-likeness (QED) is 0.896. The van der Waals surface area contributed by atoms with Gasteiger partial charge in [-0.2, -0.15) is 0 Å². The molecule has 0 aromatic heterocycles. The first-order chi connectivity index (χ1) is 10.3. The lowest BCUT2D eigenvalue weighted by Gasteiger charge is -2.12. The maximum atomic E-state index is 5.49. The van der Waals surface area contributed by atoms with Crippen LogP contribution in [0.5, 0.6) is 0 Å². The highest BCUT2D eigenvalue weighted by molar-refractivity contribution is 9.10. The van der Waals surface area contributed by atoms with Crippen LogP contribution >= 0.6 is 15.9 Å². The molecule has 0 amide bonds. The molecule has 1 aliphatic rings. The van der Waals surface area contributed by atoms with E-state index in [2.05, 4.69) is 38.4 Å². The van der Waals surface area contributed by atoms with E-state index >= 15 is 0 Å². The topological polar surface area (TPSA) is 33.6 Å². The highest BCUT2D eigenvalue weighted by Crippen LogP contribution is 2.21. The Kier molecular flexibility index (Phi) is 4.36. The van der Waals surface area contributed by atoms with Crippen molar-refractivity contribution >= 4 is 33.2 Å². The molecule has 2 aromatic rings. The van der Waals surface area contributed by atoms with Gasteiger partial charge in [0.25, 0.3) is 0 Å². The molecule has 106 valence electrons. The molecule has 4 heteroatoms. The molecular formula is C17H15BrN2O. The highest BCUT2D eigenvalue weighted by Gasteiger charge is 2.08. The Morgan fingerprint density at radius 3 is 2.52 bits per heavy atom. The second-order valence-electron chi connectivity index (χ2n) is 4.62. The summed E-state index contributed by atoms with van der Waals surface area (Å²) >= 11 is 3.45. The van der Waals surface area contributed by atoms with E-state index in [1.54, 1.807) is 0 Å². The largest absolute Gasteiger partial charge is 0.476 e. The van der Waals surface area contributed by atoms with E-state index < -0.39 is 0 Å². The number of benzene rings is 2. The molecule has 0 atom stereocenters. The summed E-state index contributed by atoms with van der Waals surface area (Å²) < 4.78 is 6.55. The highest BCUT2D eigenvalue weighted by atomic mass is 79.9. The van der Waals surface area contributed by atoms with Crippen molar-refractivity contribution in [1.82, 2.24) is 0 Å². The number of halogens is 1. The van der Waals surface area contributed by atoms with Crippen molar-refractivity contribution in [3.8, 4) is 0 Å². The number of rotatable bonds is 4. The molecular weight excluding hydrogens is 328 g/mol. The third-order valence-corrected chi connectivity index (χ3v) is 3.61. The van der Waals surface area contributed by atoms with Crippen LogP contribution in [0, 0.1) is 0 Å². The van der Waals surface area contributed by atoms with Crippen LogP contribution in [0.4, 0.5) is 5.69 Å². The summed E-state index contributed by atoms with van der Waals surface area (Å²) in [5, 5.41) is 3.43. The molecule has 2 aromatic carbocycles. The van der Waals surface area contributed by atoms with Crippen LogP contribution in [0.1, 0.15) is 5.56 Å². The number of nitrogens with zero attached hydrogens (tertiary/aromatic N) is 1. The number of ether oxygens (including phenoxy) is 1. The van der Waals surface area contributed by atoms with Gasteiger partial charge in [-0.1, -0.05) is 46.3 Å². The van der Waals surface area contributed by atoms with E-state index in [-0.39, 0.29) is 0 Å². The summed E-state index contributed by atoms with van der Waals surface area (Å²) in [6.07, 6.45) is 1.95. The van der Waals surface area contributed by atoms with Crippen LogP contribution in [0.15, 0.2) is 70.1 Å². The van der Waals surface area contributed by atoms with Crippen LogP contribution in [0.2, 0.25) is 0 Å². The van der Waals surface area contributed by atoms with Gasteiger partial charge in [0.15, 0.2) is 0 Å². The van der Waals surface area contributed by atoms with Crippen LogP contribution in [0.25, 0.3) is 5.70 Å². The first-order valence-corrected chi connectivity index (χ1v) is 7.57. The van der Waals surface area contributed by atoms with Gasteiger partial charge in [-0.25, -0.2) is 4.99 Å². The first-order valence-electron chi connectivity index (χ1n) is 6.78. The Morgan fingerprint density at radius 2 is 1.86 bits per heavy atom. The summed E-state index contributed by atoms with van der Waals surface area (Å²) in [5.41, 5.74) is 3.09. The summed E-state index contributed by atoms with van der Waals surface area (Å²) in [4.78, 5) is 4.33. The molecule has 0 saturated heterocycles. The van der Waals surface area contributed by atoms with Gasteiger partial charge in [0, 0.05) is 16.2 Å². The predicted molar refractivity (Wildman–Crippen MR) is 90.4 cm³/mol. The minimum Gasteiger partial charge on any atom is -0.476 e. The van der Waals surface area contributed by atoms with Gasteiger partial charge in [0.05, 0.1) is 12.2 Å². The molecule has 0 spiro atoms. The van der Waals surface area contributed by atoms with Crippen molar-refractivity contribution in [2.45, 2.75) is 0 Å². The SMILES string of the molecule is Brc1ccc(NC(=CC2=NCCO2)c2ccccc2)cc1. The Labute approximate surface area is 132 Å². The number of aliphatic imine (C=N–C) groups is 1. The average Bonchev–Trinajstić information content (AvgIpc) is 3.03. The summed E-state index contributed by atoms with van der Waals surface area (Å²) in [6, 6.07) is 18.2. The molecule has 0 fully saturated rings. The molecule has 1 aliphatic heterocycles. The molecule has 1 N–H and O–H groups in total. The third kappa shape index (κ3) is 3.73. The second-order valence-corrected chi connectivity index (χ2v) is 5.54. The van der Waals surface area contributed by atoms with Crippen molar-refractivity contribution in [3.05, 3.63) is 70.7 Å². The Morgan fingerprint density at radius 1 is 1.10 bits per heavy atom. The van der Waals surface area contributed by atoms with Crippen molar-refractivity contribution in [2.24, 2.45) is 4.99 Å². The zero-order valence-electron chi connectivity index (χ0n) is 11.4. The van der Waals surface area contributed by atoms with E-state index in [9.17, 15) is 0 Å². The van der Waals surface area contributed by atoms with Gasteiger partial charge in [-0.05, 0) is 29.8 Å². The van der Waals surface area contributed by atoms with Gasteiger partial charge in [0.1, 0.15) is 6.61 Å². The van der Waals surface area contributed by atoms with E-state index in [1.807, 2.05) is 48.5 Å². The number of anilines is 1. The van der Waals surface area contributed by atoms with Gasteiger partial charge in [0.2, 0.25) is 5.90 Å². The van der Waals surface area contributed by atoms with E-state index in [0.29, 0.717) is 12.5 Å². The fraction of sp³-hybridized carbons (Fsp3) is 0.118. The van der Waals surface area contributed by atoms with E-state index in [1.165, 1.54) is 0 Å². The minimum absolute atomic E-state index is 0.659. The Bertz CT molecular complexity index is 663. The molecule has 0 bridgehead atoms. The Balaban J connectivity index is 1.90. The standard InChI is InChI=1S/C17H15BrN2O/c18-14-6-8-15(9-7-14)20-16(12-17-19-10-11-21-17)13-4-2-1-3-5-13/h1-9,12,20H,10-11H2. The number of hydrogen-bond acceptors (Lipinski definition) is 3. The lowest BCUT2D eigenvalue weighted by atomic mass is 10.1. The van der Waals surface area contributed by atoms with Crippen LogP contribution in [-0.4, -0.2) is 19.0 Å². The van der Waals surface area contributed by atoms with Crippen molar-refractivity contribution in [2.75, 3.05) is 18.5 Å². The zero-order chi connectivity index (χ0) is 14.5. The van der Waals surface area contributed by atoms with E-state index in [0.717, 1.165) is 28.0 Å². The molecule has 0 saturated carbocycles. The third-order valence-electron chi connectivity index (χ3n) is 3.08. The van der Waals surface area contributed by atoms with Gasteiger partial charge >= 0.3 is 0 Å². The molecule has 3 nitrogen and oxygen atoms in total. The summed E-state index contributed by atoms with van der Waals surface area (Å²) in [5.74, 6) is 0.679. The summed E-state index contributed by atoms with van der Waals surface area (Å²) in [6.45, 7) is 1.39. The van der Waals surface area contributed by atoms with Crippen molar-refractivity contribution in [3.63, 3.8) is 0 Å². The number of hydrogen-bond donors (Lipinski definition) is 1. The summed E-state index contributed by atoms with van der Waals surface area (Å²) in [7, 11) is 0. The van der Waals surface area contributed by atoms with E-state index in [4.69, 9.17) is 4.74 Å². The number of nitrogens with one attached hydrogen (secondary N) is 1. The molecule has 0 radical (unpaired) electrons. The predicted octanol–water partition coefficient (Wildman–Crippen LogP) is 4.33. The fourth-order valence-corrected chi connectivity index (χ4v) is 2.32. The first kappa shape index (κ1) is 13.9. The maximum absolute atomic E-state index is 5.49. The van der Waals surface area contributed by atoms with Gasteiger partial charge in [-0.15, -0.1) is 0 Å². The Hall–Kier alpha value is -2.07. The van der Waals surface area contributed by atoms with Crippen LogP contribution < -0.4 is 5.32 Å². The average molecular weight is 343 g/mol. The van der Waals surface area contributed by atoms with Gasteiger partial charge in [-0.3, -0.25) is 0 Å². The molecule has 0 unspecified atom stereocenters. The monoisotopic (exact) mass is 342 g/mol. The van der Waals surface area contributed by atoms with Crippen LogP contribution in [0.3, 0.4) is 0 Å². The minimum atomic E-state index is 0.659. The lowest BCUT2D eigenvalue weighted by Crippen LogP contribution is -2.03. The van der Waals surface area contributed by atoms with Crippen LogP contribution in [-0.2, 0) is 4.74 Å². The van der Waals surface area contributed by atoms with Crippen molar-refractivity contribution < 1.29 is 4.74 Å². The lowest BCUT2D eigenvalue weighted by molar-refractivity contribution is 0.350. The zero-order valence-corrected chi connectivity index (χ0v) is 13.0. The fourth-order valence-electron chi connectivity index (χ4n) is 2.06.